The van der Waals surface area contributed by atoms with Gasteiger partial charge in [0.25, 0.3) is 0 Å². The van der Waals surface area contributed by atoms with E-state index in [1.165, 1.54) is 6.07 Å². The predicted molar refractivity (Wildman–Crippen MR) is 94.0 cm³/mol. The second kappa shape index (κ2) is 8.13. The molecule has 2 rings (SSSR count). The first-order valence-corrected chi connectivity index (χ1v) is 7.89. The second-order valence-electron chi connectivity index (χ2n) is 5.48. The zero-order valence-corrected chi connectivity index (χ0v) is 14.6. The number of hydrogen-bond donors (Lipinski definition) is 1. The molecule has 2 aromatic carbocycles. The highest BCUT2D eigenvalue weighted by Gasteiger charge is 2.21. The Hall–Kier alpha value is -2.11. The number of halogens is 2. The Balaban J connectivity index is 2.07. The summed E-state index contributed by atoms with van der Waals surface area (Å²) in [6.45, 7) is 1.98. The first-order valence-electron chi connectivity index (χ1n) is 7.51. The number of benzene rings is 2. The van der Waals surface area contributed by atoms with Crippen molar-refractivity contribution in [3.05, 3.63) is 58.9 Å². The number of rotatable bonds is 6. The fraction of sp³-hybridized carbons (Fsp3) is 0.278. The van der Waals surface area contributed by atoms with Gasteiger partial charge in [-0.05, 0) is 38.2 Å². The van der Waals surface area contributed by atoms with Gasteiger partial charge in [-0.3, -0.25) is 9.69 Å². The van der Waals surface area contributed by atoms with E-state index in [1.807, 2.05) is 12.1 Å². The van der Waals surface area contributed by atoms with Crippen molar-refractivity contribution in [3.63, 3.8) is 0 Å². The van der Waals surface area contributed by atoms with E-state index in [2.05, 4.69) is 5.32 Å². The maximum Gasteiger partial charge on any atom is 0.241 e. The number of likely N-dealkylation sites (N-methyl/N-ethyl adjacent to an activating group) is 1. The van der Waals surface area contributed by atoms with Crippen molar-refractivity contribution in [1.29, 1.82) is 0 Å². The molecule has 0 aromatic heterocycles. The standard InChI is InChI=1S/C18H20ClFN2O2/c1-12(18(23)21-16-9-4-5-10-17(16)24-3)22(2)11-13-14(19)7-6-8-15(13)20/h4-10,12H,11H2,1-3H3,(H,21,23). The SMILES string of the molecule is COc1ccccc1NC(=O)C(C)N(C)Cc1c(F)cccc1Cl. The average molecular weight is 351 g/mol. The van der Waals surface area contributed by atoms with Crippen molar-refractivity contribution in [2.75, 3.05) is 19.5 Å². The van der Waals surface area contributed by atoms with Crippen molar-refractivity contribution in [2.45, 2.75) is 19.5 Å². The Morgan fingerprint density at radius 2 is 2.00 bits per heavy atom. The zero-order valence-electron chi connectivity index (χ0n) is 13.8. The molecule has 0 aliphatic rings. The van der Waals surface area contributed by atoms with Gasteiger partial charge in [0.1, 0.15) is 11.6 Å². The van der Waals surface area contributed by atoms with Crippen LogP contribution in [0.3, 0.4) is 0 Å². The Bertz CT molecular complexity index is 704. The van der Waals surface area contributed by atoms with Crippen LogP contribution in [0.25, 0.3) is 0 Å². The number of nitrogens with one attached hydrogen (secondary N) is 1. The maximum atomic E-state index is 13.9. The maximum absolute atomic E-state index is 13.9. The van der Waals surface area contributed by atoms with E-state index in [4.69, 9.17) is 16.3 Å². The van der Waals surface area contributed by atoms with Gasteiger partial charge in [0.05, 0.1) is 18.8 Å². The van der Waals surface area contributed by atoms with Crippen LogP contribution < -0.4 is 10.1 Å². The fourth-order valence-corrected chi connectivity index (χ4v) is 2.48. The molecule has 24 heavy (non-hydrogen) atoms. The summed E-state index contributed by atoms with van der Waals surface area (Å²) in [5, 5.41) is 3.17. The molecule has 1 unspecified atom stereocenters. The molecule has 0 radical (unpaired) electrons. The number of methoxy groups -OCH3 is 1. The summed E-state index contributed by atoms with van der Waals surface area (Å²) in [5.41, 5.74) is 0.966. The largest absolute Gasteiger partial charge is 0.495 e. The number of amides is 1. The van der Waals surface area contributed by atoms with Crippen LogP contribution in [0.5, 0.6) is 5.75 Å². The van der Waals surface area contributed by atoms with Gasteiger partial charge in [-0.15, -0.1) is 0 Å². The number of carbonyl (C=O) groups excluding carboxylic acids is 1. The van der Waals surface area contributed by atoms with E-state index in [9.17, 15) is 9.18 Å². The van der Waals surface area contributed by atoms with Crippen LogP contribution in [-0.2, 0) is 11.3 Å². The highest BCUT2D eigenvalue weighted by molar-refractivity contribution is 6.31. The second-order valence-corrected chi connectivity index (χ2v) is 5.89. The first kappa shape index (κ1) is 18.2. The van der Waals surface area contributed by atoms with Gasteiger partial charge >= 0.3 is 0 Å². The number of para-hydroxylation sites is 2. The van der Waals surface area contributed by atoms with Crippen LogP contribution in [0.1, 0.15) is 12.5 Å². The number of carbonyl (C=O) groups is 1. The van der Waals surface area contributed by atoms with Crippen LogP contribution in [0.2, 0.25) is 5.02 Å². The summed E-state index contributed by atoms with van der Waals surface area (Å²) in [7, 11) is 3.29. The van der Waals surface area contributed by atoms with Gasteiger partial charge in [-0.25, -0.2) is 4.39 Å². The Labute approximate surface area is 146 Å². The minimum atomic E-state index is -0.481. The van der Waals surface area contributed by atoms with Gasteiger partial charge in [0.15, 0.2) is 0 Å². The molecular formula is C18H20ClFN2O2. The van der Waals surface area contributed by atoms with E-state index in [1.54, 1.807) is 50.2 Å². The van der Waals surface area contributed by atoms with Crippen LogP contribution in [0.4, 0.5) is 10.1 Å². The van der Waals surface area contributed by atoms with Crippen molar-refractivity contribution in [2.24, 2.45) is 0 Å². The highest BCUT2D eigenvalue weighted by Crippen LogP contribution is 2.24. The summed E-state index contributed by atoms with van der Waals surface area (Å²) in [6, 6.07) is 11.2. The Kier molecular flexibility index (Phi) is 6.17. The molecule has 0 bridgehead atoms. The van der Waals surface area contributed by atoms with Crippen molar-refractivity contribution in [1.82, 2.24) is 4.90 Å². The third kappa shape index (κ3) is 4.24. The first-order chi connectivity index (χ1) is 11.4. The minimum Gasteiger partial charge on any atom is -0.495 e. The smallest absolute Gasteiger partial charge is 0.241 e. The van der Waals surface area contributed by atoms with Gasteiger partial charge in [-0.1, -0.05) is 29.8 Å². The molecule has 0 aliphatic heterocycles. The lowest BCUT2D eigenvalue weighted by Crippen LogP contribution is -2.39. The van der Waals surface area contributed by atoms with E-state index in [0.29, 0.717) is 22.0 Å². The molecule has 1 atom stereocenters. The number of ether oxygens (including phenoxy) is 1. The fourth-order valence-electron chi connectivity index (χ4n) is 2.25. The molecule has 0 fully saturated rings. The summed E-state index contributed by atoms with van der Waals surface area (Å²) in [4.78, 5) is 14.2. The molecule has 1 N–H and O–H groups in total. The lowest BCUT2D eigenvalue weighted by Gasteiger charge is -2.24. The lowest BCUT2D eigenvalue weighted by atomic mass is 10.1. The minimum absolute atomic E-state index is 0.213. The molecule has 0 aliphatic carbocycles. The van der Waals surface area contributed by atoms with Crippen LogP contribution >= 0.6 is 11.6 Å². The van der Waals surface area contributed by atoms with Gasteiger partial charge in [0, 0.05) is 17.1 Å². The number of anilines is 1. The van der Waals surface area contributed by atoms with Crippen molar-refractivity contribution in [3.8, 4) is 5.75 Å². The van der Waals surface area contributed by atoms with E-state index >= 15 is 0 Å². The quantitative estimate of drug-likeness (QED) is 0.857. The van der Waals surface area contributed by atoms with Gasteiger partial charge < -0.3 is 10.1 Å². The molecule has 0 saturated carbocycles. The molecule has 1 amide bonds. The predicted octanol–water partition coefficient (Wildman–Crippen LogP) is 3.95. The third-order valence-corrected chi connectivity index (χ3v) is 4.23. The monoisotopic (exact) mass is 350 g/mol. The molecule has 4 nitrogen and oxygen atoms in total. The lowest BCUT2D eigenvalue weighted by molar-refractivity contribution is -0.120. The molecule has 0 spiro atoms. The summed E-state index contributed by atoms with van der Waals surface area (Å²) >= 11 is 6.04. The molecule has 128 valence electrons. The Morgan fingerprint density at radius 3 is 2.67 bits per heavy atom. The molecule has 6 heteroatoms. The zero-order chi connectivity index (χ0) is 17.7. The van der Waals surface area contributed by atoms with Gasteiger partial charge in [-0.2, -0.15) is 0 Å². The molecule has 0 saturated heterocycles. The summed E-state index contributed by atoms with van der Waals surface area (Å²) in [6.07, 6.45) is 0. The third-order valence-electron chi connectivity index (χ3n) is 3.87. The Morgan fingerprint density at radius 1 is 1.29 bits per heavy atom. The highest BCUT2D eigenvalue weighted by atomic mass is 35.5. The van der Waals surface area contributed by atoms with Crippen LogP contribution in [0, 0.1) is 5.82 Å². The molecule has 0 heterocycles. The number of hydrogen-bond acceptors (Lipinski definition) is 3. The topological polar surface area (TPSA) is 41.6 Å². The van der Waals surface area contributed by atoms with Crippen LogP contribution in [0.15, 0.2) is 42.5 Å². The number of nitrogens with zero attached hydrogens (tertiary/aromatic N) is 1. The van der Waals surface area contributed by atoms with Crippen LogP contribution in [-0.4, -0.2) is 31.0 Å². The molecule has 2 aromatic rings. The van der Waals surface area contributed by atoms with Crippen molar-refractivity contribution >= 4 is 23.2 Å². The van der Waals surface area contributed by atoms with Gasteiger partial charge in [0.2, 0.25) is 5.91 Å². The molecular weight excluding hydrogens is 331 g/mol. The average Bonchev–Trinajstić information content (AvgIpc) is 2.57. The van der Waals surface area contributed by atoms with E-state index in [0.717, 1.165) is 0 Å². The van der Waals surface area contributed by atoms with E-state index in [-0.39, 0.29) is 18.3 Å². The summed E-state index contributed by atoms with van der Waals surface area (Å²) in [5.74, 6) is -0.0148. The van der Waals surface area contributed by atoms with Crippen molar-refractivity contribution < 1.29 is 13.9 Å². The summed E-state index contributed by atoms with van der Waals surface area (Å²) < 4.78 is 19.1. The normalized spacial score (nSPS) is 12.1. The van der Waals surface area contributed by atoms with E-state index < -0.39 is 6.04 Å².